The number of alkyl halides is 1. The molecule has 0 aliphatic heterocycles. The SMILES string of the molecule is CCc1nn(CC)c(CC2CC(C(C)C)CCC2Cl)c1Cl. The van der Waals surface area contributed by atoms with Gasteiger partial charge in [-0.15, -0.1) is 11.6 Å². The predicted molar refractivity (Wildman–Crippen MR) is 91.3 cm³/mol. The molecule has 0 aromatic carbocycles. The number of hydrogen-bond acceptors (Lipinski definition) is 1. The Labute approximate surface area is 139 Å². The first-order valence-electron chi connectivity index (χ1n) is 8.35. The molecule has 1 aromatic heterocycles. The highest BCUT2D eigenvalue weighted by atomic mass is 35.5. The van der Waals surface area contributed by atoms with Gasteiger partial charge >= 0.3 is 0 Å². The average molecular weight is 331 g/mol. The van der Waals surface area contributed by atoms with E-state index in [1.807, 2.05) is 0 Å². The molecule has 0 N–H and O–H groups in total. The van der Waals surface area contributed by atoms with Crippen molar-refractivity contribution < 1.29 is 0 Å². The number of aromatic nitrogens is 2. The Morgan fingerprint density at radius 2 is 2.00 bits per heavy atom. The van der Waals surface area contributed by atoms with Crippen molar-refractivity contribution in [2.75, 3.05) is 0 Å². The third kappa shape index (κ3) is 3.76. The van der Waals surface area contributed by atoms with Crippen LogP contribution in [0.15, 0.2) is 0 Å². The van der Waals surface area contributed by atoms with Crippen LogP contribution in [0.4, 0.5) is 0 Å². The van der Waals surface area contributed by atoms with E-state index in [1.54, 1.807) is 0 Å². The van der Waals surface area contributed by atoms with Crippen molar-refractivity contribution in [1.82, 2.24) is 9.78 Å². The van der Waals surface area contributed by atoms with Crippen LogP contribution in [0, 0.1) is 17.8 Å². The molecule has 1 heterocycles. The molecule has 3 unspecified atom stereocenters. The number of rotatable bonds is 5. The summed E-state index contributed by atoms with van der Waals surface area (Å²) in [5, 5.41) is 5.78. The van der Waals surface area contributed by atoms with E-state index in [1.165, 1.54) is 18.5 Å². The summed E-state index contributed by atoms with van der Waals surface area (Å²) in [6.07, 6.45) is 5.48. The van der Waals surface area contributed by atoms with Crippen LogP contribution in [0.5, 0.6) is 0 Å². The molecule has 1 aliphatic carbocycles. The molecule has 120 valence electrons. The first-order valence-corrected chi connectivity index (χ1v) is 9.17. The zero-order valence-corrected chi connectivity index (χ0v) is 15.2. The van der Waals surface area contributed by atoms with Crippen LogP contribution in [0.25, 0.3) is 0 Å². The maximum Gasteiger partial charge on any atom is 0.0849 e. The van der Waals surface area contributed by atoms with Crippen LogP contribution in [0.3, 0.4) is 0 Å². The summed E-state index contributed by atoms with van der Waals surface area (Å²) in [6, 6.07) is 0. The first-order chi connectivity index (χ1) is 9.97. The molecule has 2 rings (SSSR count). The number of halogens is 2. The Kier molecular flexibility index (Phi) is 6.02. The second kappa shape index (κ2) is 7.37. The molecule has 1 aromatic rings. The summed E-state index contributed by atoms with van der Waals surface area (Å²) in [6.45, 7) is 9.77. The summed E-state index contributed by atoms with van der Waals surface area (Å²) < 4.78 is 2.07. The molecule has 4 heteroatoms. The molecule has 0 saturated heterocycles. The fraction of sp³-hybridized carbons (Fsp3) is 0.824. The summed E-state index contributed by atoms with van der Waals surface area (Å²) in [5.74, 6) is 2.07. The smallest absolute Gasteiger partial charge is 0.0849 e. The Hall–Kier alpha value is -0.210. The molecular formula is C17H28Cl2N2. The van der Waals surface area contributed by atoms with Crippen molar-refractivity contribution in [2.24, 2.45) is 17.8 Å². The first kappa shape index (κ1) is 17.1. The molecule has 1 saturated carbocycles. The Bertz CT molecular complexity index is 468. The maximum absolute atomic E-state index is 6.62. The summed E-state index contributed by atoms with van der Waals surface area (Å²) in [7, 11) is 0. The average Bonchev–Trinajstić information content (AvgIpc) is 2.77. The standard InChI is InChI=1S/C17H28Cl2N2/c1-5-15-17(19)16(21(6-2)20-15)10-13-9-12(11(3)4)7-8-14(13)18/h11-14H,5-10H2,1-4H3. The molecule has 2 nitrogen and oxygen atoms in total. The van der Waals surface area contributed by atoms with Crippen LogP contribution < -0.4 is 0 Å². The minimum Gasteiger partial charge on any atom is -0.268 e. The van der Waals surface area contributed by atoms with Gasteiger partial charge in [0, 0.05) is 11.9 Å². The van der Waals surface area contributed by atoms with E-state index >= 15 is 0 Å². The summed E-state index contributed by atoms with van der Waals surface area (Å²) in [5.41, 5.74) is 2.21. The van der Waals surface area contributed by atoms with E-state index in [-0.39, 0.29) is 5.38 Å². The molecule has 21 heavy (non-hydrogen) atoms. The van der Waals surface area contributed by atoms with Crippen molar-refractivity contribution in [3.63, 3.8) is 0 Å². The molecular weight excluding hydrogens is 303 g/mol. The van der Waals surface area contributed by atoms with E-state index in [0.29, 0.717) is 5.92 Å². The highest BCUT2D eigenvalue weighted by molar-refractivity contribution is 6.31. The van der Waals surface area contributed by atoms with Gasteiger partial charge in [-0.1, -0.05) is 32.4 Å². The second-order valence-corrected chi connectivity index (χ2v) is 7.61. The van der Waals surface area contributed by atoms with Gasteiger partial charge in [-0.3, -0.25) is 4.68 Å². The van der Waals surface area contributed by atoms with Gasteiger partial charge in [0.15, 0.2) is 0 Å². The van der Waals surface area contributed by atoms with E-state index in [2.05, 4.69) is 37.5 Å². The van der Waals surface area contributed by atoms with Crippen LogP contribution in [-0.2, 0) is 19.4 Å². The van der Waals surface area contributed by atoms with Gasteiger partial charge in [-0.05, 0) is 56.8 Å². The molecule has 3 atom stereocenters. The fourth-order valence-electron chi connectivity index (χ4n) is 3.54. The summed E-state index contributed by atoms with van der Waals surface area (Å²) in [4.78, 5) is 0. The van der Waals surface area contributed by atoms with Crippen LogP contribution >= 0.6 is 23.2 Å². The third-order valence-electron chi connectivity index (χ3n) is 5.02. The van der Waals surface area contributed by atoms with Gasteiger partial charge in [-0.2, -0.15) is 5.10 Å². The van der Waals surface area contributed by atoms with Crippen LogP contribution in [0.1, 0.15) is 58.3 Å². The normalized spacial score (nSPS) is 26.5. The highest BCUT2D eigenvalue weighted by Crippen LogP contribution is 2.39. The minimum atomic E-state index is 0.279. The van der Waals surface area contributed by atoms with Crippen LogP contribution in [-0.4, -0.2) is 15.2 Å². The van der Waals surface area contributed by atoms with Gasteiger partial charge < -0.3 is 0 Å². The number of nitrogens with zero attached hydrogens (tertiary/aromatic N) is 2. The Morgan fingerprint density at radius 3 is 2.57 bits per heavy atom. The molecule has 1 fully saturated rings. The number of aryl methyl sites for hydroxylation is 2. The van der Waals surface area contributed by atoms with Crippen molar-refractivity contribution in [3.05, 3.63) is 16.4 Å². The quantitative estimate of drug-likeness (QED) is 0.666. The lowest BCUT2D eigenvalue weighted by atomic mass is 9.74. The van der Waals surface area contributed by atoms with E-state index in [4.69, 9.17) is 23.2 Å². The number of hydrogen-bond donors (Lipinski definition) is 0. The van der Waals surface area contributed by atoms with Crippen molar-refractivity contribution >= 4 is 23.2 Å². The Balaban J connectivity index is 2.18. The molecule has 1 aliphatic rings. The molecule has 0 spiro atoms. The van der Waals surface area contributed by atoms with Gasteiger partial charge in [0.25, 0.3) is 0 Å². The lowest BCUT2D eigenvalue weighted by Crippen LogP contribution is -2.30. The zero-order chi connectivity index (χ0) is 15.6. The highest BCUT2D eigenvalue weighted by Gasteiger charge is 2.32. The molecule has 0 bridgehead atoms. The lowest BCUT2D eigenvalue weighted by molar-refractivity contribution is 0.216. The van der Waals surface area contributed by atoms with Crippen LogP contribution in [0.2, 0.25) is 5.02 Å². The second-order valence-electron chi connectivity index (χ2n) is 6.67. The van der Waals surface area contributed by atoms with E-state index in [0.717, 1.165) is 48.4 Å². The lowest BCUT2D eigenvalue weighted by Gasteiger charge is -2.35. The van der Waals surface area contributed by atoms with E-state index < -0.39 is 0 Å². The maximum atomic E-state index is 6.62. The Morgan fingerprint density at radius 1 is 1.29 bits per heavy atom. The largest absolute Gasteiger partial charge is 0.268 e. The van der Waals surface area contributed by atoms with Crippen molar-refractivity contribution in [3.8, 4) is 0 Å². The minimum absolute atomic E-state index is 0.279. The third-order valence-corrected chi connectivity index (χ3v) is 6.03. The topological polar surface area (TPSA) is 17.8 Å². The van der Waals surface area contributed by atoms with Crippen molar-refractivity contribution in [1.29, 1.82) is 0 Å². The summed E-state index contributed by atoms with van der Waals surface area (Å²) >= 11 is 13.2. The van der Waals surface area contributed by atoms with E-state index in [9.17, 15) is 0 Å². The van der Waals surface area contributed by atoms with Crippen molar-refractivity contribution in [2.45, 2.75) is 71.7 Å². The fourth-order valence-corrected chi connectivity index (χ4v) is 4.20. The molecule has 0 radical (unpaired) electrons. The predicted octanol–water partition coefficient (Wildman–Crippen LogP) is 5.34. The zero-order valence-electron chi connectivity index (χ0n) is 13.7. The molecule has 0 amide bonds. The van der Waals surface area contributed by atoms with Gasteiger partial charge in [0.1, 0.15) is 0 Å². The monoisotopic (exact) mass is 330 g/mol. The van der Waals surface area contributed by atoms with Gasteiger partial charge in [0.05, 0.1) is 16.4 Å². The van der Waals surface area contributed by atoms with Gasteiger partial charge in [0.2, 0.25) is 0 Å². The van der Waals surface area contributed by atoms with Gasteiger partial charge in [-0.25, -0.2) is 0 Å².